The van der Waals surface area contributed by atoms with Crippen molar-refractivity contribution in [3.63, 3.8) is 0 Å². The SMILES string of the molecule is CSC(=O)c1ccc2c(c1)nc(NCCCC(=O)NCCN)c1ccncc12. The van der Waals surface area contributed by atoms with Crippen LogP contribution in [0.15, 0.2) is 36.7 Å². The highest BCUT2D eigenvalue weighted by Crippen LogP contribution is 2.29. The molecule has 0 fully saturated rings. The second-order valence-corrected chi connectivity index (χ2v) is 7.05. The van der Waals surface area contributed by atoms with Crippen LogP contribution < -0.4 is 16.4 Å². The number of aromatic nitrogens is 2. The summed E-state index contributed by atoms with van der Waals surface area (Å²) >= 11 is 1.18. The van der Waals surface area contributed by atoms with E-state index < -0.39 is 0 Å². The lowest BCUT2D eigenvalue weighted by atomic mass is 10.1. The fourth-order valence-corrected chi connectivity index (χ4v) is 3.35. The average molecular weight is 398 g/mol. The van der Waals surface area contributed by atoms with Gasteiger partial charge in [0.1, 0.15) is 5.82 Å². The molecule has 1 amide bonds. The molecular formula is C20H23N5O2S. The maximum Gasteiger partial charge on any atom is 0.220 e. The van der Waals surface area contributed by atoms with Gasteiger partial charge in [0.25, 0.3) is 0 Å². The highest BCUT2D eigenvalue weighted by atomic mass is 32.2. The van der Waals surface area contributed by atoms with Gasteiger partial charge in [-0.05, 0) is 30.9 Å². The Kier molecular flexibility index (Phi) is 6.78. The molecule has 7 nitrogen and oxygen atoms in total. The molecule has 0 spiro atoms. The number of carbonyl (C=O) groups excluding carboxylic acids is 2. The van der Waals surface area contributed by atoms with Crippen LogP contribution in [0.4, 0.5) is 5.82 Å². The van der Waals surface area contributed by atoms with Crippen molar-refractivity contribution in [2.24, 2.45) is 5.73 Å². The number of benzene rings is 1. The van der Waals surface area contributed by atoms with Gasteiger partial charge in [0.05, 0.1) is 5.52 Å². The van der Waals surface area contributed by atoms with Gasteiger partial charge < -0.3 is 16.4 Å². The van der Waals surface area contributed by atoms with Crippen molar-refractivity contribution in [3.05, 3.63) is 42.2 Å². The Morgan fingerprint density at radius 3 is 2.79 bits per heavy atom. The van der Waals surface area contributed by atoms with E-state index >= 15 is 0 Å². The topological polar surface area (TPSA) is 110 Å². The molecule has 1 aromatic carbocycles. The number of carbonyl (C=O) groups is 2. The van der Waals surface area contributed by atoms with Crippen molar-refractivity contribution < 1.29 is 9.59 Å². The lowest BCUT2D eigenvalue weighted by molar-refractivity contribution is -0.121. The van der Waals surface area contributed by atoms with E-state index in [0.29, 0.717) is 38.0 Å². The zero-order chi connectivity index (χ0) is 19.9. The highest BCUT2D eigenvalue weighted by Gasteiger charge is 2.11. The number of nitrogens with two attached hydrogens (primary N) is 1. The zero-order valence-electron chi connectivity index (χ0n) is 15.7. The summed E-state index contributed by atoms with van der Waals surface area (Å²) in [6, 6.07) is 7.47. The van der Waals surface area contributed by atoms with Gasteiger partial charge in [0.2, 0.25) is 11.0 Å². The maximum atomic E-state index is 12.0. The highest BCUT2D eigenvalue weighted by molar-refractivity contribution is 8.13. The molecule has 0 aliphatic carbocycles. The summed E-state index contributed by atoms with van der Waals surface area (Å²) in [5.41, 5.74) is 6.74. The first-order valence-electron chi connectivity index (χ1n) is 9.10. The van der Waals surface area contributed by atoms with Crippen molar-refractivity contribution in [1.82, 2.24) is 15.3 Å². The van der Waals surface area contributed by atoms with Crippen LogP contribution in [0.25, 0.3) is 21.7 Å². The van der Waals surface area contributed by atoms with Crippen molar-refractivity contribution in [2.45, 2.75) is 12.8 Å². The van der Waals surface area contributed by atoms with E-state index in [-0.39, 0.29) is 11.0 Å². The summed E-state index contributed by atoms with van der Waals surface area (Å²) in [6.07, 6.45) is 6.40. The van der Waals surface area contributed by atoms with Crippen LogP contribution in [0.3, 0.4) is 0 Å². The normalized spacial score (nSPS) is 10.9. The number of thioether (sulfide) groups is 1. The predicted molar refractivity (Wildman–Crippen MR) is 115 cm³/mol. The zero-order valence-corrected chi connectivity index (χ0v) is 16.5. The first-order valence-corrected chi connectivity index (χ1v) is 10.3. The van der Waals surface area contributed by atoms with Crippen LogP contribution in [0, 0.1) is 0 Å². The summed E-state index contributed by atoms with van der Waals surface area (Å²) in [6.45, 7) is 1.54. The van der Waals surface area contributed by atoms with Crippen LogP contribution in [-0.4, -0.2) is 46.9 Å². The lowest BCUT2D eigenvalue weighted by Crippen LogP contribution is -2.29. The van der Waals surface area contributed by atoms with Crippen molar-refractivity contribution in [1.29, 1.82) is 0 Å². The smallest absolute Gasteiger partial charge is 0.220 e. The standard InChI is InChI=1S/C20H23N5O2S/c1-28-20(27)13-4-5-14-16-12-22-9-6-15(16)19(25-17(14)11-13)24-8-2-3-18(26)23-10-7-21/h4-6,9,11-12H,2-3,7-8,10,21H2,1H3,(H,23,26)(H,24,25). The van der Waals surface area contributed by atoms with Crippen LogP contribution in [-0.2, 0) is 4.79 Å². The molecule has 146 valence electrons. The summed E-state index contributed by atoms with van der Waals surface area (Å²) in [7, 11) is 0. The van der Waals surface area contributed by atoms with Crippen LogP contribution in [0.1, 0.15) is 23.2 Å². The molecule has 0 radical (unpaired) electrons. The van der Waals surface area contributed by atoms with E-state index in [2.05, 4.69) is 15.6 Å². The Morgan fingerprint density at radius 2 is 2.00 bits per heavy atom. The Balaban J connectivity index is 1.83. The quantitative estimate of drug-likeness (QED) is 0.396. The van der Waals surface area contributed by atoms with Crippen LogP contribution in [0.2, 0.25) is 0 Å². The minimum absolute atomic E-state index is 0.00648. The molecule has 3 rings (SSSR count). The second-order valence-electron chi connectivity index (χ2n) is 6.27. The fraction of sp³-hybridized carbons (Fsp3) is 0.300. The maximum absolute atomic E-state index is 12.0. The third-order valence-electron chi connectivity index (χ3n) is 4.36. The number of nitrogens with one attached hydrogen (secondary N) is 2. The fourth-order valence-electron chi connectivity index (χ4n) is 2.98. The summed E-state index contributed by atoms with van der Waals surface area (Å²) in [5.74, 6) is 0.717. The Morgan fingerprint density at radius 1 is 1.14 bits per heavy atom. The van der Waals surface area contributed by atoms with E-state index in [4.69, 9.17) is 10.7 Å². The van der Waals surface area contributed by atoms with Crippen molar-refractivity contribution in [2.75, 3.05) is 31.2 Å². The Bertz CT molecular complexity index is 1010. The summed E-state index contributed by atoms with van der Waals surface area (Å²) < 4.78 is 0. The molecule has 4 N–H and O–H groups in total. The van der Waals surface area contributed by atoms with E-state index in [9.17, 15) is 9.59 Å². The predicted octanol–water partition coefficient (Wildman–Crippen LogP) is 2.55. The van der Waals surface area contributed by atoms with Gasteiger partial charge in [-0.2, -0.15) is 0 Å². The molecule has 0 bridgehead atoms. The number of hydrogen-bond donors (Lipinski definition) is 3. The van der Waals surface area contributed by atoms with Crippen molar-refractivity contribution >= 4 is 50.3 Å². The molecule has 0 unspecified atom stereocenters. The van der Waals surface area contributed by atoms with Gasteiger partial charge >= 0.3 is 0 Å². The van der Waals surface area contributed by atoms with Gasteiger partial charge in [-0.25, -0.2) is 4.98 Å². The molecule has 0 aliphatic rings. The molecule has 0 saturated heterocycles. The first-order chi connectivity index (χ1) is 13.6. The third kappa shape index (κ3) is 4.58. The number of nitrogens with zero attached hydrogens (tertiary/aromatic N) is 2. The van der Waals surface area contributed by atoms with Crippen LogP contribution >= 0.6 is 11.8 Å². The van der Waals surface area contributed by atoms with Gasteiger partial charge in [0.15, 0.2) is 0 Å². The summed E-state index contributed by atoms with van der Waals surface area (Å²) in [5, 5.41) is 8.97. The molecular weight excluding hydrogens is 374 g/mol. The molecule has 3 aromatic rings. The molecule has 0 aliphatic heterocycles. The van der Waals surface area contributed by atoms with E-state index in [1.54, 1.807) is 18.6 Å². The number of rotatable bonds is 8. The molecule has 0 atom stereocenters. The number of anilines is 1. The molecule has 2 aromatic heterocycles. The van der Waals surface area contributed by atoms with Crippen LogP contribution in [0.5, 0.6) is 0 Å². The van der Waals surface area contributed by atoms with Gasteiger partial charge in [-0.3, -0.25) is 14.6 Å². The monoisotopic (exact) mass is 397 g/mol. The molecule has 28 heavy (non-hydrogen) atoms. The van der Waals surface area contributed by atoms with Gasteiger partial charge in [0, 0.05) is 60.2 Å². The van der Waals surface area contributed by atoms with Gasteiger partial charge in [-0.1, -0.05) is 17.8 Å². The first kappa shape index (κ1) is 20.0. The third-order valence-corrected chi connectivity index (χ3v) is 4.96. The van der Waals surface area contributed by atoms with Gasteiger partial charge in [-0.15, -0.1) is 0 Å². The summed E-state index contributed by atoms with van der Waals surface area (Å²) in [4.78, 5) is 32.7. The van der Waals surface area contributed by atoms with E-state index in [1.807, 2.05) is 24.3 Å². The van der Waals surface area contributed by atoms with E-state index in [0.717, 1.165) is 27.5 Å². The van der Waals surface area contributed by atoms with E-state index in [1.165, 1.54) is 11.8 Å². The second kappa shape index (κ2) is 9.48. The Hall–Kier alpha value is -2.71. The number of fused-ring (bicyclic) bond motifs is 3. The number of hydrogen-bond acceptors (Lipinski definition) is 7. The number of amides is 1. The largest absolute Gasteiger partial charge is 0.370 e. The molecule has 0 saturated carbocycles. The number of pyridine rings is 2. The minimum Gasteiger partial charge on any atom is -0.370 e. The average Bonchev–Trinajstić information content (AvgIpc) is 2.74. The Labute approximate surface area is 167 Å². The molecule has 8 heteroatoms. The minimum atomic E-state index is -0.00648. The van der Waals surface area contributed by atoms with Crippen molar-refractivity contribution in [3.8, 4) is 0 Å². The molecule has 2 heterocycles. The lowest BCUT2D eigenvalue weighted by Gasteiger charge is -2.12.